The molecule has 0 aromatic carbocycles. The van der Waals surface area contributed by atoms with Gasteiger partial charge in [-0.1, -0.05) is 46.6 Å². The second kappa shape index (κ2) is 9.51. The number of hydrogen-bond acceptors (Lipinski definition) is 2. The monoisotopic (exact) mass is 406 g/mol. The van der Waals surface area contributed by atoms with Crippen molar-refractivity contribution in [2.45, 2.75) is 59.4 Å². The lowest BCUT2D eigenvalue weighted by atomic mass is 9.63. The summed E-state index contributed by atoms with van der Waals surface area (Å²) in [6.07, 6.45) is 10.5. The molecule has 0 bridgehead atoms. The number of halogens is 1. The molecule has 3 nitrogen and oxygen atoms in total. The normalized spacial score (nSPS) is 31.2. The molecule has 1 N–H and O–H groups in total. The van der Waals surface area contributed by atoms with Crippen molar-refractivity contribution in [2.24, 2.45) is 23.7 Å². The first-order valence-corrected chi connectivity index (χ1v) is 10.5. The molecule has 1 aliphatic carbocycles. The molecule has 5 unspecified atom stereocenters. The Balaban J connectivity index is 0.00000109. The predicted molar refractivity (Wildman–Crippen MR) is 108 cm³/mol. The van der Waals surface area contributed by atoms with E-state index in [1.807, 2.05) is 32.2 Å². The Morgan fingerprint density at radius 1 is 1.28 bits per heavy atom. The lowest BCUT2D eigenvalue weighted by molar-refractivity contribution is -0.119. The van der Waals surface area contributed by atoms with Crippen LogP contribution in [0.2, 0.25) is 0 Å². The number of allylic oxidation sites excluding steroid dienone is 1. The van der Waals surface area contributed by atoms with Gasteiger partial charge < -0.3 is 5.32 Å². The van der Waals surface area contributed by atoms with Crippen molar-refractivity contribution in [3.05, 3.63) is 34.6 Å². The maximum Gasteiger partial charge on any atom is 0.220 e. The molecule has 25 heavy (non-hydrogen) atoms. The molecule has 1 saturated carbocycles. The first-order valence-electron chi connectivity index (χ1n) is 9.71. The lowest BCUT2D eigenvalue weighted by Gasteiger charge is -2.43. The molecule has 3 rings (SSSR count). The summed E-state index contributed by atoms with van der Waals surface area (Å²) in [5.41, 5.74) is 0.982. The molecule has 1 amide bonds. The Bertz CT molecular complexity index is 584. The van der Waals surface area contributed by atoms with E-state index in [-0.39, 0.29) is 5.91 Å². The van der Waals surface area contributed by atoms with Crippen molar-refractivity contribution in [3.63, 3.8) is 0 Å². The summed E-state index contributed by atoms with van der Waals surface area (Å²) < 4.78 is 0.996. The van der Waals surface area contributed by atoms with E-state index in [1.54, 1.807) is 0 Å². The second-order valence-electron chi connectivity index (χ2n) is 6.86. The van der Waals surface area contributed by atoms with E-state index in [0.29, 0.717) is 36.1 Å². The minimum absolute atomic E-state index is 0.228. The SMILES string of the molecule is CC.CCC1CC2NC(=O)CC2C(/C=C/c2ccc(Br)cn2)C1CC. The number of nitrogens with one attached hydrogen (secondary N) is 1. The highest BCUT2D eigenvalue weighted by molar-refractivity contribution is 9.10. The van der Waals surface area contributed by atoms with E-state index in [1.165, 1.54) is 12.8 Å². The zero-order chi connectivity index (χ0) is 18.4. The number of carbonyl (C=O) groups is 1. The largest absolute Gasteiger partial charge is 0.353 e. The van der Waals surface area contributed by atoms with Crippen LogP contribution in [0.4, 0.5) is 0 Å². The average molecular weight is 407 g/mol. The topological polar surface area (TPSA) is 42.0 Å². The minimum atomic E-state index is 0.228. The van der Waals surface area contributed by atoms with Crippen molar-refractivity contribution >= 4 is 27.9 Å². The summed E-state index contributed by atoms with van der Waals surface area (Å²) in [4.78, 5) is 16.3. The van der Waals surface area contributed by atoms with Gasteiger partial charge in [-0.2, -0.15) is 0 Å². The molecule has 1 aromatic heterocycles. The standard InChI is InChI=1S/C19H25BrN2O.C2H6/c1-3-12-9-18-17(10-19(23)22-18)16(15(12)4-2)8-7-14-6-5-13(20)11-21-14;1-2/h5-8,11-12,15-18H,3-4,9-10H2,1-2H3,(H,22,23);1-2H3/b8-7+;. The highest BCUT2D eigenvalue weighted by atomic mass is 79.9. The number of carbonyl (C=O) groups excluding carboxylic acids is 1. The molecule has 0 spiro atoms. The molecule has 0 radical (unpaired) electrons. The Morgan fingerprint density at radius 3 is 2.64 bits per heavy atom. The zero-order valence-corrected chi connectivity index (χ0v) is 17.4. The number of aromatic nitrogens is 1. The fraction of sp³-hybridized carbons (Fsp3) is 0.619. The minimum Gasteiger partial charge on any atom is -0.353 e. The summed E-state index contributed by atoms with van der Waals surface area (Å²) in [5.74, 6) is 2.51. The highest BCUT2D eigenvalue weighted by Gasteiger charge is 2.46. The maximum atomic E-state index is 11.9. The number of hydrogen-bond donors (Lipinski definition) is 1. The van der Waals surface area contributed by atoms with Gasteiger partial charge in [0.2, 0.25) is 5.91 Å². The van der Waals surface area contributed by atoms with Gasteiger partial charge in [0, 0.05) is 23.1 Å². The van der Waals surface area contributed by atoms with Crippen LogP contribution in [-0.4, -0.2) is 16.9 Å². The summed E-state index contributed by atoms with van der Waals surface area (Å²) >= 11 is 3.42. The van der Waals surface area contributed by atoms with Crippen molar-refractivity contribution in [3.8, 4) is 0 Å². The summed E-state index contributed by atoms with van der Waals surface area (Å²) in [6, 6.07) is 4.41. The van der Waals surface area contributed by atoms with Gasteiger partial charge in [0.1, 0.15) is 0 Å². The summed E-state index contributed by atoms with van der Waals surface area (Å²) in [6.45, 7) is 8.57. The molecule has 4 heteroatoms. The van der Waals surface area contributed by atoms with Crippen LogP contribution >= 0.6 is 15.9 Å². The van der Waals surface area contributed by atoms with Crippen LogP contribution in [0.15, 0.2) is 28.9 Å². The Hall–Kier alpha value is -1.16. The molecule has 1 saturated heterocycles. The number of rotatable bonds is 4. The zero-order valence-electron chi connectivity index (χ0n) is 15.8. The van der Waals surface area contributed by atoms with E-state index < -0.39 is 0 Å². The predicted octanol–water partition coefficient (Wildman–Crippen LogP) is 5.46. The quantitative estimate of drug-likeness (QED) is 0.720. The third-order valence-corrected chi connectivity index (χ3v) is 6.14. The molecule has 5 atom stereocenters. The van der Waals surface area contributed by atoms with Crippen molar-refractivity contribution in [2.75, 3.05) is 0 Å². The lowest BCUT2D eigenvalue weighted by Crippen LogP contribution is -2.43. The van der Waals surface area contributed by atoms with Gasteiger partial charge in [-0.25, -0.2) is 0 Å². The number of amides is 1. The molecule has 2 aliphatic rings. The first kappa shape index (κ1) is 20.2. The van der Waals surface area contributed by atoms with Gasteiger partial charge in [0.25, 0.3) is 0 Å². The van der Waals surface area contributed by atoms with Crippen LogP contribution < -0.4 is 5.32 Å². The van der Waals surface area contributed by atoms with Crippen molar-refractivity contribution in [1.82, 2.24) is 10.3 Å². The fourth-order valence-corrected chi connectivity index (χ4v) is 4.79. The van der Waals surface area contributed by atoms with Crippen molar-refractivity contribution < 1.29 is 4.79 Å². The molecular formula is C21H31BrN2O. The van der Waals surface area contributed by atoms with E-state index >= 15 is 0 Å². The van der Waals surface area contributed by atoms with Gasteiger partial charge >= 0.3 is 0 Å². The van der Waals surface area contributed by atoms with E-state index in [9.17, 15) is 4.79 Å². The fourth-order valence-electron chi connectivity index (χ4n) is 4.56. The van der Waals surface area contributed by atoms with E-state index in [0.717, 1.165) is 16.6 Å². The van der Waals surface area contributed by atoms with Crippen LogP contribution in [-0.2, 0) is 4.79 Å². The van der Waals surface area contributed by atoms with E-state index in [2.05, 4.69) is 52.2 Å². The third-order valence-electron chi connectivity index (χ3n) is 5.67. The van der Waals surface area contributed by atoms with Crippen LogP contribution in [0, 0.1) is 23.7 Å². The van der Waals surface area contributed by atoms with Gasteiger partial charge in [-0.3, -0.25) is 9.78 Å². The van der Waals surface area contributed by atoms with Crippen LogP contribution in [0.3, 0.4) is 0 Å². The molecule has 2 heterocycles. The van der Waals surface area contributed by atoms with Gasteiger partial charge in [0.05, 0.1) is 5.69 Å². The highest BCUT2D eigenvalue weighted by Crippen LogP contribution is 2.46. The number of fused-ring (bicyclic) bond motifs is 1. The molecule has 138 valence electrons. The molecular weight excluding hydrogens is 376 g/mol. The average Bonchev–Trinajstić information content (AvgIpc) is 3.01. The Labute approximate surface area is 160 Å². The summed E-state index contributed by atoms with van der Waals surface area (Å²) in [5, 5.41) is 3.21. The van der Waals surface area contributed by atoms with E-state index in [4.69, 9.17) is 0 Å². The van der Waals surface area contributed by atoms with Crippen molar-refractivity contribution in [1.29, 1.82) is 0 Å². The second-order valence-corrected chi connectivity index (χ2v) is 7.77. The molecule has 1 aromatic rings. The van der Waals surface area contributed by atoms with Crippen LogP contribution in [0.25, 0.3) is 6.08 Å². The smallest absolute Gasteiger partial charge is 0.220 e. The van der Waals surface area contributed by atoms with Crippen LogP contribution in [0.1, 0.15) is 59.1 Å². The van der Waals surface area contributed by atoms with Gasteiger partial charge in [-0.15, -0.1) is 0 Å². The third kappa shape index (κ3) is 4.72. The van der Waals surface area contributed by atoms with Gasteiger partial charge in [0.15, 0.2) is 0 Å². The Morgan fingerprint density at radius 2 is 2.04 bits per heavy atom. The summed E-state index contributed by atoms with van der Waals surface area (Å²) in [7, 11) is 0. The Kier molecular flexibility index (Phi) is 7.67. The molecule has 1 aliphatic heterocycles. The first-order chi connectivity index (χ1) is 12.1. The number of nitrogens with zero attached hydrogens (tertiary/aromatic N) is 1. The number of pyridine rings is 1. The van der Waals surface area contributed by atoms with Gasteiger partial charge in [-0.05, 0) is 64.2 Å². The molecule has 2 fully saturated rings. The maximum absolute atomic E-state index is 11.9. The van der Waals surface area contributed by atoms with Crippen LogP contribution in [0.5, 0.6) is 0 Å².